The monoisotopic (exact) mass is 1490 g/mol. The summed E-state index contributed by atoms with van der Waals surface area (Å²) in [4.78, 5) is 73.0. The number of carbonyl (C=O) groups is 4. The third-order valence-electron chi connectivity index (χ3n) is 19.8. The largest absolute Gasteiger partial charge is 0.472 e. The highest BCUT2D eigenvalue weighted by Gasteiger charge is 2.30. The molecular formula is C83H162O17P2. The molecule has 3 N–H and O–H groups in total. The summed E-state index contributed by atoms with van der Waals surface area (Å²) >= 11 is 0. The highest BCUT2D eigenvalue weighted by atomic mass is 31.2. The van der Waals surface area contributed by atoms with E-state index < -0.39 is 97.5 Å². The van der Waals surface area contributed by atoms with Gasteiger partial charge in [0, 0.05) is 25.7 Å². The van der Waals surface area contributed by atoms with Gasteiger partial charge in [0.1, 0.15) is 19.3 Å². The second-order valence-corrected chi connectivity index (χ2v) is 33.5. The SMILES string of the molecule is CCCCCCCCCCCCCCCCCCCC(=O)OC[C@H](COP(=O)(O)OC[C@@H](O)COP(=O)(O)OC[C@@H](COC(=O)CCCCCCCCCCC)OC(=O)CCCCCCCCCCCCCC(C)C)OC(=O)CCCCCCCCCCCCCCCCCCCCC(C)CC. The Morgan fingerprint density at radius 2 is 0.500 bits per heavy atom. The lowest BCUT2D eigenvalue weighted by atomic mass is 9.99. The first-order valence-corrected chi connectivity index (χ1v) is 46.0. The average Bonchev–Trinajstić information content (AvgIpc) is 0.909. The lowest BCUT2D eigenvalue weighted by Gasteiger charge is -2.21. The summed E-state index contributed by atoms with van der Waals surface area (Å²) in [5.74, 6) is -0.470. The zero-order valence-corrected chi connectivity index (χ0v) is 68.7. The molecule has 0 spiro atoms. The number of esters is 4. The molecule has 6 atom stereocenters. The molecule has 0 radical (unpaired) electrons. The minimum atomic E-state index is -4.96. The molecule has 19 heteroatoms. The van der Waals surface area contributed by atoms with Gasteiger partial charge in [-0.15, -0.1) is 0 Å². The van der Waals surface area contributed by atoms with Crippen LogP contribution in [0.5, 0.6) is 0 Å². The van der Waals surface area contributed by atoms with Gasteiger partial charge in [-0.3, -0.25) is 37.3 Å². The minimum Gasteiger partial charge on any atom is -0.462 e. The van der Waals surface area contributed by atoms with Crippen molar-refractivity contribution in [2.45, 2.75) is 458 Å². The lowest BCUT2D eigenvalue weighted by Crippen LogP contribution is -2.30. The highest BCUT2D eigenvalue weighted by Crippen LogP contribution is 2.45. The van der Waals surface area contributed by atoms with Gasteiger partial charge in [0.25, 0.3) is 0 Å². The van der Waals surface area contributed by atoms with Crippen molar-refractivity contribution in [2.75, 3.05) is 39.6 Å². The fraction of sp³-hybridized carbons (Fsp3) is 0.952. The van der Waals surface area contributed by atoms with Crippen molar-refractivity contribution in [3.8, 4) is 0 Å². The Hall–Kier alpha value is -1.94. The molecule has 0 bridgehead atoms. The summed E-state index contributed by atoms with van der Waals surface area (Å²) in [5, 5.41) is 10.6. The van der Waals surface area contributed by atoms with Crippen LogP contribution in [0.25, 0.3) is 0 Å². The summed E-state index contributed by atoms with van der Waals surface area (Å²) in [6.07, 6.45) is 65.2. The zero-order valence-electron chi connectivity index (χ0n) is 66.9. The van der Waals surface area contributed by atoms with Crippen LogP contribution in [0, 0.1) is 11.8 Å². The quantitative estimate of drug-likeness (QED) is 0.0222. The van der Waals surface area contributed by atoms with Gasteiger partial charge in [0.05, 0.1) is 26.4 Å². The number of hydrogen-bond acceptors (Lipinski definition) is 15. The minimum absolute atomic E-state index is 0.107. The van der Waals surface area contributed by atoms with Gasteiger partial charge in [0.2, 0.25) is 0 Å². The van der Waals surface area contributed by atoms with E-state index in [-0.39, 0.29) is 25.7 Å². The van der Waals surface area contributed by atoms with Gasteiger partial charge in [-0.25, -0.2) is 9.13 Å². The van der Waals surface area contributed by atoms with Crippen molar-refractivity contribution >= 4 is 39.5 Å². The molecule has 0 saturated heterocycles. The molecule has 0 saturated carbocycles. The van der Waals surface area contributed by atoms with Crippen LogP contribution in [0.15, 0.2) is 0 Å². The molecule has 17 nitrogen and oxygen atoms in total. The molecule has 0 aromatic heterocycles. The predicted molar refractivity (Wildman–Crippen MR) is 418 cm³/mol. The standard InChI is InChI=1S/C83H162O17P2/c1-7-10-12-14-16-18-19-20-21-24-28-31-36-42-48-54-60-66-81(86)94-72-79(100-82(87)67-61-55-49-43-37-32-29-26-23-22-25-27-30-35-41-46-52-58-64-76(6)9-3)74-98-102(91,92)96-70-77(84)69-95-101(89,90)97-73-78(71-93-80(85)65-59-53-47-39-17-15-13-11-8-2)99-83(88)68-62-56-50-44-38-33-34-40-45-51-57-63-75(4)5/h75-79,84H,7-74H2,1-6H3,(H,89,90)(H,91,92)/t76?,77-,78+,79+/m0/s1. The fourth-order valence-electron chi connectivity index (χ4n) is 12.9. The molecule has 3 unspecified atom stereocenters. The van der Waals surface area contributed by atoms with Crippen LogP contribution in [-0.2, 0) is 65.4 Å². The third kappa shape index (κ3) is 74.9. The van der Waals surface area contributed by atoms with Crippen LogP contribution < -0.4 is 0 Å². The summed E-state index contributed by atoms with van der Waals surface area (Å²) in [7, 11) is -9.92. The van der Waals surface area contributed by atoms with Crippen molar-refractivity contribution in [1.82, 2.24) is 0 Å². The molecule has 102 heavy (non-hydrogen) atoms. The van der Waals surface area contributed by atoms with Crippen molar-refractivity contribution < 1.29 is 80.2 Å². The van der Waals surface area contributed by atoms with E-state index in [1.807, 2.05) is 0 Å². The molecule has 0 aliphatic rings. The van der Waals surface area contributed by atoms with Gasteiger partial charge in [-0.1, -0.05) is 388 Å². The molecule has 606 valence electrons. The van der Waals surface area contributed by atoms with Crippen molar-refractivity contribution in [1.29, 1.82) is 0 Å². The molecule has 0 fully saturated rings. The predicted octanol–water partition coefficient (Wildman–Crippen LogP) is 25.1. The summed E-state index contributed by atoms with van der Waals surface area (Å²) in [5.41, 5.74) is 0. The van der Waals surface area contributed by atoms with E-state index in [2.05, 4.69) is 41.5 Å². The molecule has 0 aliphatic heterocycles. The number of hydrogen-bond donors (Lipinski definition) is 3. The number of unbranched alkanes of at least 4 members (excludes halogenated alkanes) is 51. The van der Waals surface area contributed by atoms with Crippen molar-refractivity contribution in [3.63, 3.8) is 0 Å². The van der Waals surface area contributed by atoms with Crippen LogP contribution in [-0.4, -0.2) is 96.7 Å². The number of aliphatic hydroxyl groups excluding tert-OH is 1. The number of aliphatic hydroxyl groups is 1. The topological polar surface area (TPSA) is 237 Å². The first-order valence-electron chi connectivity index (χ1n) is 43.0. The van der Waals surface area contributed by atoms with Crippen molar-refractivity contribution in [3.05, 3.63) is 0 Å². The third-order valence-corrected chi connectivity index (χ3v) is 21.7. The molecule has 0 aromatic rings. The van der Waals surface area contributed by atoms with E-state index in [1.165, 1.54) is 257 Å². The van der Waals surface area contributed by atoms with Crippen molar-refractivity contribution in [2.24, 2.45) is 11.8 Å². The maximum Gasteiger partial charge on any atom is 0.472 e. The van der Waals surface area contributed by atoms with E-state index in [1.54, 1.807) is 0 Å². The van der Waals surface area contributed by atoms with Crippen LogP contribution in [0.1, 0.15) is 440 Å². The number of rotatable bonds is 82. The Kier molecular flexibility index (Phi) is 73.1. The molecule has 0 aliphatic carbocycles. The summed E-state index contributed by atoms with van der Waals surface area (Å²) in [6.45, 7) is 9.70. The van der Waals surface area contributed by atoms with Gasteiger partial charge >= 0.3 is 39.5 Å². The van der Waals surface area contributed by atoms with Gasteiger partial charge < -0.3 is 33.8 Å². The van der Waals surface area contributed by atoms with E-state index in [9.17, 15) is 43.2 Å². The second-order valence-electron chi connectivity index (χ2n) is 30.6. The van der Waals surface area contributed by atoms with Gasteiger partial charge in [-0.2, -0.15) is 0 Å². The fourth-order valence-corrected chi connectivity index (χ4v) is 14.4. The number of phosphoric ester groups is 2. The van der Waals surface area contributed by atoms with Crippen LogP contribution in [0.3, 0.4) is 0 Å². The number of ether oxygens (including phenoxy) is 4. The Balaban J connectivity index is 5.20. The molecule has 0 aromatic carbocycles. The highest BCUT2D eigenvalue weighted by molar-refractivity contribution is 7.47. The van der Waals surface area contributed by atoms with Crippen LogP contribution in [0.2, 0.25) is 0 Å². The van der Waals surface area contributed by atoms with E-state index in [0.717, 1.165) is 102 Å². The molecule has 0 heterocycles. The number of carbonyl (C=O) groups excluding carboxylic acids is 4. The Morgan fingerprint density at radius 3 is 0.745 bits per heavy atom. The maximum absolute atomic E-state index is 13.1. The zero-order chi connectivity index (χ0) is 74.9. The maximum atomic E-state index is 13.1. The second kappa shape index (κ2) is 74.5. The summed E-state index contributed by atoms with van der Waals surface area (Å²) < 4.78 is 68.7. The first-order chi connectivity index (χ1) is 49.4. The van der Waals surface area contributed by atoms with Crippen LogP contribution >= 0.6 is 15.6 Å². The molecule has 0 rings (SSSR count). The smallest absolute Gasteiger partial charge is 0.462 e. The Bertz CT molecular complexity index is 1960. The molecule has 0 amide bonds. The Morgan fingerprint density at radius 1 is 0.284 bits per heavy atom. The molecular weight excluding hydrogens is 1330 g/mol. The first kappa shape index (κ1) is 100. The lowest BCUT2D eigenvalue weighted by molar-refractivity contribution is -0.161. The number of phosphoric acid groups is 2. The van der Waals surface area contributed by atoms with Gasteiger partial charge in [-0.05, 0) is 37.5 Å². The van der Waals surface area contributed by atoms with Crippen LogP contribution in [0.4, 0.5) is 0 Å². The Labute approximate surface area is 626 Å². The average molecular weight is 1490 g/mol. The van der Waals surface area contributed by atoms with E-state index in [0.29, 0.717) is 25.7 Å². The van der Waals surface area contributed by atoms with E-state index in [4.69, 9.17) is 37.0 Å². The normalized spacial score (nSPS) is 14.1. The van der Waals surface area contributed by atoms with E-state index >= 15 is 0 Å². The summed E-state index contributed by atoms with van der Waals surface area (Å²) in [6, 6.07) is 0. The van der Waals surface area contributed by atoms with Gasteiger partial charge in [0.15, 0.2) is 12.2 Å².